The van der Waals surface area contributed by atoms with Crippen molar-refractivity contribution in [3.05, 3.63) is 101 Å². The number of amides is 1. The normalized spacial score (nSPS) is 12.3. The Morgan fingerprint density at radius 1 is 1.07 bits per heavy atom. The van der Waals surface area contributed by atoms with E-state index < -0.39 is 11.9 Å². The molecular formula is C25H19FN2O2. The fourth-order valence-corrected chi connectivity index (χ4v) is 3.72. The summed E-state index contributed by atoms with van der Waals surface area (Å²) < 4.78 is 18.8. The molecular weight excluding hydrogens is 379 g/mol. The molecule has 0 bridgehead atoms. The number of hydrogen-bond acceptors (Lipinski definition) is 3. The second-order valence-electron chi connectivity index (χ2n) is 6.96. The van der Waals surface area contributed by atoms with Gasteiger partial charge in [0.1, 0.15) is 18.5 Å². The number of hydrogen-bond donors (Lipinski definition) is 1. The minimum atomic E-state index is -0.550. The summed E-state index contributed by atoms with van der Waals surface area (Å²) in [6, 6.07) is 22.4. The average Bonchev–Trinajstić information content (AvgIpc) is 3.10. The summed E-state index contributed by atoms with van der Waals surface area (Å²) in [6.45, 7) is 0.517. The molecule has 0 aromatic heterocycles. The van der Waals surface area contributed by atoms with Crippen LogP contribution in [0, 0.1) is 17.1 Å². The van der Waals surface area contributed by atoms with Crippen LogP contribution in [0.5, 0.6) is 0 Å². The zero-order valence-corrected chi connectivity index (χ0v) is 16.1. The first-order valence-corrected chi connectivity index (χ1v) is 9.62. The third-order valence-electron chi connectivity index (χ3n) is 5.13. The quantitative estimate of drug-likeness (QED) is 0.639. The highest BCUT2D eigenvalue weighted by Crippen LogP contribution is 2.44. The van der Waals surface area contributed by atoms with Crippen molar-refractivity contribution < 1.29 is 13.9 Å². The minimum Gasteiger partial charge on any atom is -0.449 e. The summed E-state index contributed by atoms with van der Waals surface area (Å²) in [5.41, 5.74) is 5.36. The number of halogens is 1. The second-order valence-corrected chi connectivity index (χ2v) is 6.96. The molecule has 0 saturated carbocycles. The average molecular weight is 398 g/mol. The van der Waals surface area contributed by atoms with E-state index in [9.17, 15) is 9.18 Å². The smallest absolute Gasteiger partial charge is 0.407 e. The van der Waals surface area contributed by atoms with E-state index in [1.807, 2.05) is 24.3 Å². The molecule has 4 nitrogen and oxygen atoms in total. The Balaban J connectivity index is 1.33. The third kappa shape index (κ3) is 3.94. The molecule has 30 heavy (non-hydrogen) atoms. The second kappa shape index (κ2) is 8.62. The van der Waals surface area contributed by atoms with Crippen LogP contribution in [0.4, 0.5) is 9.18 Å². The molecule has 3 aromatic rings. The maximum Gasteiger partial charge on any atom is 0.407 e. The molecule has 0 saturated heterocycles. The number of carbonyl (C=O) groups excluding carboxylic acids is 1. The van der Waals surface area contributed by atoms with Crippen molar-refractivity contribution in [2.75, 3.05) is 13.2 Å². The molecule has 0 fully saturated rings. The van der Waals surface area contributed by atoms with Crippen LogP contribution in [0.2, 0.25) is 0 Å². The number of ether oxygens (including phenoxy) is 1. The molecule has 5 heteroatoms. The monoisotopic (exact) mass is 398 g/mol. The first-order valence-electron chi connectivity index (χ1n) is 9.62. The van der Waals surface area contributed by atoms with Gasteiger partial charge >= 0.3 is 6.09 Å². The van der Waals surface area contributed by atoms with Crippen molar-refractivity contribution in [1.82, 2.24) is 5.32 Å². The molecule has 0 aliphatic heterocycles. The Morgan fingerprint density at radius 2 is 1.73 bits per heavy atom. The molecule has 3 aromatic carbocycles. The highest BCUT2D eigenvalue weighted by Gasteiger charge is 2.28. The largest absolute Gasteiger partial charge is 0.449 e. The zero-order chi connectivity index (χ0) is 20.9. The summed E-state index contributed by atoms with van der Waals surface area (Å²) in [4.78, 5) is 12.1. The summed E-state index contributed by atoms with van der Waals surface area (Å²) in [5.74, 6) is -0.534. The number of nitrogens with one attached hydrogen (secondary N) is 1. The SMILES string of the molecule is N#Cc1cc(C=CCNC(=O)OCC2c3ccccc3-c3ccccc32)ccc1F. The Kier molecular flexibility index (Phi) is 5.58. The number of rotatable bonds is 5. The van der Waals surface area contributed by atoms with E-state index in [-0.39, 0.29) is 24.6 Å². The predicted octanol–water partition coefficient (Wildman–Crippen LogP) is 5.25. The fourth-order valence-electron chi connectivity index (χ4n) is 3.72. The highest BCUT2D eigenvalue weighted by atomic mass is 19.1. The lowest BCUT2D eigenvalue weighted by Gasteiger charge is -2.14. The standard InChI is InChI=1S/C25H19FN2O2/c26-24-12-11-17(14-18(24)15-27)6-5-13-28-25(29)30-16-23-21-9-3-1-7-19(21)20-8-2-4-10-22(20)23/h1-12,14,23H,13,16H2,(H,28,29). The van der Waals surface area contributed by atoms with Gasteiger partial charge < -0.3 is 10.1 Å². The van der Waals surface area contributed by atoms with Gasteiger partial charge in [-0.15, -0.1) is 0 Å². The summed E-state index contributed by atoms with van der Waals surface area (Å²) >= 11 is 0. The van der Waals surface area contributed by atoms with E-state index in [2.05, 4.69) is 29.6 Å². The molecule has 1 aliphatic rings. The van der Waals surface area contributed by atoms with Crippen LogP contribution in [-0.4, -0.2) is 19.2 Å². The number of alkyl carbamates (subject to hydrolysis) is 1. The number of nitriles is 1. The van der Waals surface area contributed by atoms with Crippen LogP contribution in [0.3, 0.4) is 0 Å². The molecule has 0 heterocycles. The number of carbonyl (C=O) groups is 1. The first kappa shape index (κ1) is 19.4. The van der Waals surface area contributed by atoms with Crippen LogP contribution >= 0.6 is 0 Å². The van der Waals surface area contributed by atoms with Crippen molar-refractivity contribution in [3.8, 4) is 17.2 Å². The minimum absolute atomic E-state index is 0.0124. The van der Waals surface area contributed by atoms with Crippen LogP contribution in [0.1, 0.15) is 28.2 Å². The predicted molar refractivity (Wildman–Crippen MR) is 113 cm³/mol. The van der Waals surface area contributed by atoms with Gasteiger partial charge in [-0.05, 0) is 39.9 Å². The number of benzene rings is 3. The lowest BCUT2D eigenvalue weighted by Crippen LogP contribution is -2.26. The Bertz CT molecular complexity index is 1120. The van der Waals surface area contributed by atoms with Crippen LogP contribution < -0.4 is 5.32 Å². The van der Waals surface area contributed by atoms with Crippen molar-refractivity contribution in [1.29, 1.82) is 5.26 Å². The zero-order valence-electron chi connectivity index (χ0n) is 16.1. The summed E-state index contributed by atoms with van der Waals surface area (Å²) in [7, 11) is 0. The van der Waals surface area contributed by atoms with E-state index >= 15 is 0 Å². The fraction of sp³-hybridized carbons (Fsp3) is 0.120. The molecule has 1 amide bonds. The van der Waals surface area contributed by atoms with Gasteiger partial charge in [-0.1, -0.05) is 66.7 Å². The van der Waals surface area contributed by atoms with Gasteiger partial charge in [-0.25, -0.2) is 9.18 Å². The molecule has 1 N–H and O–H groups in total. The number of fused-ring (bicyclic) bond motifs is 3. The molecule has 148 valence electrons. The molecule has 0 radical (unpaired) electrons. The van der Waals surface area contributed by atoms with E-state index in [1.165, 1.54) is 23.3 Å². The van der Waals surface area contributed by atoms with E-state index in [0.29, 0.717) is 5.56 Å². The Hall–Kier alpha value is -3.91. The molecule has 4 rings (SSSR count). The van der Waals surface area contributed by atoms with E-state index in [0.717, 1.165) is 11.1 Å². The van der Waals surface area contributed by atoms with E-state index in [1.54, 1.807) is 24.3 Å². The highest BCUT2D eigenvalue weighted by molar-refractivity contribution is 5.79. The van der Waals surface area contributed by atoms with Crippen LogP contribution in [-0.2, 0) is 4.74 Å². The van der Waals surface area contributed by atoms with Crippen molar-refractivity contribution in [2.45, 2.75) is 5.92 Å². The molecule has 0 spiro atoms. The van der Waals surface area contributed by atoms with Gasteiger partial charge in [-0.3, -0.25) is 0 Å². The van der Waals surface area contributed by atoms with Gasteiger partial charge in [0.15, 0.2) is 0 Å². The van der Waals surface area contributed by atoms with Crippen LogP contribution in [0.25, 0.3) is 17.2 Å². The van der Waals surface area contributed by atoms with Gasteiger partial charge in [0, 0.05) is 12.5 Å². The Morgan fingerprint density at radius 3 is 2.40 bits per heavy atom. The van der Waals surface area contributed by atoms with E-state index in [4.69, 9.17) is 10.00 Å². The Labute approximate surface area is 174 Å². The van der Waals surface area contributed by atoms with Crippen LogP contribution in [0.15, 0.2) is 72.8 Å². The van der Waals surface area contributed by atoms with Crippen molar-refractivity contribution in [2.24, 2.45) is 0 Å². The molecule has 1 aliphatic carbocycles. The summed E-state index contributed by atoms with van der Waals surface area (Å²) in [6.07, 6.45) is 2.93. The maximum absolute atomic E-state index is 13.3. The first-order chi connectivity index (χ1) is 14.7. The lowest BCUT2D eigenvalue weighted by atomic mass is 9.98. The van der Waals surface area contributed by atoms with Gasteiger partial charge in [0.05, 0.1) is 5.56 Å². The third-order valence-corrected chi connectivity index (χ3v) is 5.13. The van der Waals surface area contributed by atoms with Gasteiger partial charge in [-0.2, -0.15) is 5.26 Å². The van der Waals surface area contributed by atoms with Gasteiger partial charge in [0.2, 0.25) is 0 Å². The molecule has 0 atom stereocenters. The number of nitrogens with zero attached hydrogens (tertiary/aromatic N) is 1. The van der Waals surface area contributed by atoms with Gasteiger partial charge in [0.25, 0.3) is 0 Å². The topological polar surface area (TPSA) is 62.1 Å². The van der Waals surface area contributed by atoms with Crippen molar-refractivity contribution in [3.63, 3.8) is 0 Å². The molecule has 0 unspecified atom stereocenters. The van der Waals surface area contributed by atoms with Crippen molar-refractivity contribution >= 4 is 12.2 Å². The lowest BCUT2D eigenvalue weighted by molar-refractivity contribution is 0.144. The maximum atomic E-state index is 13.3. The summed E-state index contributed by atoms with van der Waals surface area (Å²) in [5, 5.41) is 11.5.